The van der Waals surface area contributed by atoms with E-state index in [1.807, 2.05) is 14.1 Å². The SMILES string of the molecule is CCCN(CCN(C)C)c1nc(CO)co1. The predicted molar refractivity (Wildman–Crippen MR) is 63.5 cm³/mol. The molecular formula is C11H21N3O2. The minimum Gasteiger partial charge on any atom is -0.432 e. The summed E-state index contributed by atoms with van der Waals surface area (Å²) < 4.78 is 5.34. The van der Waals surface area contributed by atoms with Crippen LogP contribution in [0.5, 0.6) is 0 Å². The first-order chi connectivity index (χ1) is 7.67. The molecule has 5 heteroatoms. The lowest BCUT2D eigenvalue weighted by Crippen LogP contribution is -2.32. The van der Waals surface area contributed by atoms with Crippen LogP contribution >= 0.6 is 0 Å². The lowest BCUT2D eigenvalue weighted by Gasteiger charge is -2.21. The molecule has 0 radical (unpaired) electrons. The van der Waals surface area contributed by atoms with E-state index < -0.39 is 0 Å². The molecule has 1 heterocycles. The molecule has 0 aliphatic carbocycles. The Morgan fingerprint density at radius 1 is 1.31 bits per heavy atom. The number of hydrogen-bond donors (Lipinski definition) is 1. The van der Waals surface area contributed by atoms with Crippen LogP contribution in [0.3, 0.4) is 0 Å². The second-order valence-electron chi connectivity index (χ2n) is 4.07. The number of anilines is 1. The Labute approximate surface area is 96.7 Å². The van der Waals surface area contributed by atoms with Gasteiger partial charge < -0.3 is 19.3 Å². The fourth-order valence-corrected chi connectivity index (χ4v) is 1.41. The van der Waals surface area contributed by atoms with Crippen molar-refractivity contribution in [3.8, 4) is 0 Å². The Balaban J connectivity index is 2.60. The second-order valence-corrected chi connectivity index (χ2v) is 4.07. The molecule has 1 rings (SSSR count). The smallest absolute Gasteiger partial charge is 0.297 e. The van der Waals surface area contributed by atoms with Gasteiger partial charge in [-0.25, -0.2) is 0 Å². The number of aromatic nitrogens is 1. The van der Waals surface area contributed by atoms with Crippen molar-refractivity contribution in [3.63, 3.8) is 0 Å². The van der Waals surface area contributed by atoms with Crippen molar-refractivity contribution in [3.05, 3.63) is 12.0 Å². The molecule has 0 aliphatic heterocycles. The van der Waals surface area contributed by atoms with Gasteiger partial charge in [0.15, 0.2) is 0 Å². The minimum absolute atomic E-state index is 0.0723. The van der Waals surface area contributed by atoms with Gasteiger partial charge in [-0.3, -0.25) is 0 Å². The fourth-order valence-electron chi connectivity index (χ4n) is 1.41. The molecule has 0 unspecified atom stereocenters. The van der Waals surface area contributed by atoms with E-state index in [1.165, 1.54) is 6.26 Å². The van der Waals surface area contributed by atoms with Crippen LogP contribution in [0.4, 0.5) is 6.01 Å². The monoisotopic (exact) mass is 227 g/mol. The summed E-state index contributed by atoms with van der Waals surface area (Å²) in [6, 6.07) is 0.604. The molecule has 92 valence electrons. The van der Waals surface area contributed by atoms with Gasteiger partial charge in [0, 0.05) is 19.6 Å². The van der Waals surface area contributed by atoms with Gasteiger partial charge >= 0.3 is 0 Å². The molecule has 0 spiro atoms. The van der Waals surface area contributed by atoms with Crippen molar-refractivity contribution in [1.82, 2.24) is 9.88 Å². The number of hydrogen-bond acceptors (Lipinski definition) is 5. The van der Waals surface area contributed by atoms with Crippen molar-refractivity contribution in [1.29, 1.82) is 0 Å². The normalized spacial score (nSPS) is 11.1. The van der Waals surface area contributed by atoms with Gasteiger partial charge in [-0.15, -0.1) is 0 Å². The van der Waals surface area contributed by atoms with Crippen LogP contribution in [-0.2, 0) is 6.61 Å². The van der Waals surface area contributed by atoms with Gasteiger partial charge in [0.25, 0.3) is 6.01 Å². The average Bonchev–Trinajstić information content (AvgIpc) is 2.72. The van der Waals surface area contributed by atoms with E-state index in [2.05, 4.69) is 21.7 Å². The highest BCUT2D eigenvalue weighted by Crippen LogP contribution is 2.13. The zero-order valence-electron chi connectivity index (χ0n) is 10.3. The zero-order valence-corrected chi connectivity index (χ0v) is 10.3. The van der Waals surface area contributed by atoms with Crippen molar-refractivity contribution >= 4 is 6.01 Å². The van der Waals surface area contributed by atoms with E-state index >= 15 is 0 Å². The molecule has 0 saturated heterocycles. The molecule has 1 aromatic heterocycles. The summed E-state index contributed by atoms with van der Waals surface area (Å²) in [5.74, 6) is 0. The molecule has 0 aromatic carbocycles. The second kappa shape index (κ2) is 6.50. The molecule has 0 atom stereocenters. The summed E-state index contributed by atoms with van der Waals surface area (Å²) >= 11 is 0. The highest BCUT2D eigenvalue weighted by Gasteiger charge is 2.12. The number of nitrogens with zero attached hydrogens (tertiary/aromatic N) is 3. The summed E-state index contributed by atoms with van der Waals surface area (Å²) in [6.45, 7) is 4.80. The van der Waals surface area contributed by atoms with Gasteiger partial charge in [0.1, 0.15) is 12.0 Å². The molecule has 0 fully saturated rings. The number of aliphatic hydroxyl groups excluding tert-OH is 1. The van der Waals surface area contributed by atoms with Crippen LogP contribution in [-0.4, -0.2) is 48.7 Å². The first-order valence-corrected chi connectivity index (χ1v) is 5.62. The molecule has 0 aliphatic rings. The van der Waals surface area contributed by atoms with E-state index in [4.69, 9.17) is 9.52 Å². The quantitative estimate of drug-likeness (QED) is 0.751. The molecule has 1 aromatic rings. The Bertz CT molecular complexity index is 299. The number of likely N-dealkylation sites (N-methyl/N-ethyl adjacent to an activating group) is 1. The first-order valence-electron chi connectivity index (χ1n) is 5.62. The van der Waals surface area contributed by atoms with Gasteiger partial charge in [-0.1, -0.05) is 6.92 Å². The number of oxazole rings is 1. The number of aliphatic hydroxyl groups is 1. The van der Waals surface area contributed by atoms with Crippen molar-refractivity contribution < 1.29 is 9.52 Å². The maximum Gasteiger partial charge on any atom is 0.297 e. The van der Waals surface area contributed by atoms with Crippen LogP contribution in [0.15, 0.2) is 10.7 Å². The van der Waals surface area contributed by atoms with Crippen LogP contribution in [0.25, 0.3) is 0 Å². The Kier molecular flexibility index (Phi) is 5.28. The van der Waals surface area contributed by atoms with Crippen molar-refractivity contribution in [2.24, 2.45) is 0 Å². The Morgan fingerprint density at radius 3 is 2.56 bits per heavy atom. The van der Waals surface area contributed by atoms with Gasteiger partial charge in [-0.05, 0) is 20.5 Å². The van der Waals surface area contributed by atoms with E-state index in [0.717, 1.165) is 26.1 Å². The van der Waals surface area contributed by atoms with Crippen molar-refractivity contribution in [2.75, 3.05) is 38.6 Å². The first kappa shape index (κ1) is 13.0. The Hall–Kier alpha value is -1.07. The molecule has 0 bridgehead atoms. The maximum absolute atomic E-state index is 8.93. The summed E-state index contributed by atoms with van der Waals surface area (Å²) in [5, 5.41) is 8.93. The third-order valence-corrected chi connectivity index (χ3v) is 2.28. The van der Waals surface area contributed by atoms with E-state index in [1.54, 1.807) is 0 Å². The lowest BCUT2D eigenvalue weighted by molar-refractivity contribution is 0.276. The molecule has 0 amide bonds. The van der Waals surface area contributed by atoms with Gasteiger partial charge in [0.2, 0.25) is 0 Å². The fraction of sp³-hybridized carbons (Fsp3) is 0.727. The van der Waals surface area contributed by atoms with Crippen molar-refractivity contribution in [2.45, 2.75) is 20.0 Å². The predicted octanol–water partition coefficient (Wildman–Crippen LogP) is 0.945. The molecule has 1 N–H and O–H groups in total. The topological polar surface area (TPSA) is 52.7 Å². The van der Waals surface area contributed by atoms with Crippen LogP contribution < -0.4 is 4.90 Å². The Morgan fingerprint density at radius 2 is 2.06 bits per heavy atom. The van der Waals surface area contributed by atoms with Crippen LogP contribution in [0.1, 0.15) is 19.0 Å². The molecule has 16 heavy (non-hydrogen) atoms. The average molecular weight is 227 g/mol. The molecular weight excluding hydrogens is 206 g/mol. The molecule has 5 nitrogen and oxygen atoms in total. The van der Waals surface area contributed by atoms with Crippen LogP contribution in [0.2, 0.25) is 0 Å². The van der Waals surface area contributed by atoms with Crippen LogP contribution in [0, 0.1) is 0 Å². The summed E-state index contributed by atoms with van der Waals surface area (Å²) in [7, 11) is 4.08. The maximum atomic E-state index is 8.93. The summed E-state index contributed by atoms with van der Waals surface area (Å²) in [5.41, 5.74) is 0.584. The summed E-state index contributed by atoms with van der Waals surface area (Å²) in [6.07, 6.45) is 2.55. The minimum atomic E-state index is -0.0723. The van der Waals surface area contributed by atoms with E-state index in [9.17, 15) is 0 Å². The van der Waals surface area contributed by atoms with Gasteiger partial charge in [-0.2, -0.15) is 4.98 Å². The highest BCUT2D eigenvalue weighted by molar-refractivity contribution is 5.26. The zero-order chi connectivity index (χ0) is 12.0. The summed E-state index contributed by atoms with van der Waals surface area (Å²) in [4.78, 5) is 8.44. The third-order valence-electron chi connectivity index (χ3n) is 2.28. The highest BCUT2D eigenvalue weighted by atomic mass is 16.4. The number of rotatable bonds is 7. The standard InChI is InChI=1S/C11H21N3O2/c1-4-5-14(7-6-13(2)3)11-12-10(8-15)9-16-11/h9,15H,4-8H2,1-3H3. The van der Waals surface area contributed by atoms with E-state index in [0.29, 0.717) is 11.7 Å². The third kappa shape index (κ3) is 3.83. The van der Waals surface area contributed by atoms with E-state index in [-0.39, 0.29) is 6.61 Å². The van der Waals surface area contributed by atoms with Gasteiger partial charge in [0.05, 0.1) is 6.61 Å². The largest absolute Gasteiger partial charge is 0.432 e. The molecule has 0 saturated carbocycles. The lowest BCUT2D eigenvalue weighted by atomic mass is 10.4.